The SMILES string of the molecule is O=C(/C=C/c1ccccc1)Cc1ccccc1C(=O)Nc1ncc([N+](=O)[O-])s1. The summed E-state index contributed by atoms with van der Waals surface area (Å²) in [5.74, 6) is -0.617. The number of nitrogens with zero attached hydrogens (tertiary/aromatic N) is 2. The maximum Gasteiger partial charge on any atom is 0.345 e. The molecule has 0 aliphatic carbocycles. The number of amides is 1. The molecule has 0 aliphatic heterocycles. The van der Waals surface area contributed by atoms with E-state index in [2.05, 4.69) is 10.3 Å². The fraction of sp³-hybridized carbons (Fsp3) is 0.0500. The first-order chi connectivity index (χ1) is 13.5. The van der Waals surface area contributed by atoms with Crippen LogP contribution in [0.4, 0.5) is 10.1 Å². The predicted molar refractivity (Wildman–Crippen MR) is 107 cm³/mol. The molecule has 1 N–H and O–H groups in total. The molecule has 2 aromatic carbocycles. The Morgan fingerprint density at radius 1 is 1.11 bits per heavy atom. The first kappa shape index (κ1) is 19.1. The third-order valence-corrected chi connectivity index (χ3v) is 4.65. The maximum absolute atomic E-state index is 12.5. The van der Waals surface area contributed by atoms with Crippen LogP contribution in [-0.4, -0.2) is 21.6 Å². The van der Waals surface area contributed by atoms with Crippen molar-refractivity contribution < 1.29 is 14.5 Å². The summed E-state index contributed by atoms with van der Waals surface area (Å²) in [5, 5.41) is 13.2. The lowest BCUT2D eigenvalue weighted by Gasteiger charge is -2.07. The molecule has 3 rings (SSSR count). The summed E-state index contributed by atoms with van der Waals surface area (Å²) in [6.45, 7) is 0. The van der Waals surface area contributed by atoms with Crippen LogP contribution in [0.3, 0.4) is 0 Å². The van der Waals surface area contributed by atoms with Crippen molar-refractivity contribution in [3.05, 3.63) is 93.7 Å². The minimum absolute atomic E-state index is 0.0605. The van der Waals surface area contributed by atoms with Crippen molar-refractivity contribution in [2.24, 2.45) is 0 Å². The summed E-state index contributed by atoms with van der Waals surface area (Å²) in [6, 6.07) is 16.2. The number of aromatic nitrogens is 1. The number of anilines is 1. The Kier molecular flexibility index (Phi) is 6.03. The molecule has 3 aromatic rings. The molecular weight excluding hydrogens is 378 g/mol. The summed E-state index contributed by atoms with van der Waals surface area (Å²) in [7, 11) is 0. The van der Waals surface area contributed by atoms with Crippen LogP contribution >= 0.6 is 11.3 Å². The molecule has 8 heteroatoms. The smallest absolute Gasteiger partial charge is 0.298 e. The zero-order chi connectivity index (χ0) is 19.9. The van der Waals surface area contributed by atoms with Crippen molar-refractivity contribution in [2.75, 3.05) is 5.32 Å². The van der Waals surface area contributed by atoms with Crippen molar-refractivity contribution in [3.63, 3.8) is 0 Å². The maximum atomic E-state index is 12.5. The van der Waals surface area contributed by atoms with Crippen molar-refractivity contribution in [2.45, 2.75) is 6.42 Å². The molecule has 28 heavy (non-hydrogen) atoms. The average molecular weight is 393 g/mol. The zero-order valence-electron chi connectivity index (χ0n) is 14.6. The molecule has 1 amide bonds. The highest BCUT2D eigenvalue weighted by molar-refractivity contribution is 7.18. The van der Waals surface area contributed by atoms with Gasteiger partial charge in [0.05, 0.1) is 4.92 Å². The van der Waals surface area contributed by atoms with Gasteiger partial charge in [-0.05, 0) is 34.6 Å². The molecule has 0 fully saturated rings. The average Bonchev–Trinajstić information content (AvgIpc) is 3.16. The molecule has 1 aromatic heterocycles. The second kappa shape index (κ2) is 8.83. The van der Waals surface area contributed by atoms with Crippen LogP contribution in [0, 0.1) is 10.1 Å². The van der Waals surface area contributed by atoms with Gasteiger partial charge in [0, 0.05) is 12.0 Å². The van der Waals surface area contributed by atoms with Crippen molar-refractivity contribution >= 4 is 39.2 Å². The van der Waals surface area contributed by atoms with E-state index in [0.717, 1.165) is 23.1 Å². The van der Waals surface area contributed by atoms with Crippen LogP contribution in [0.2, 0.25) is 0 Å². The second-order valence-corrected chi connectivity index (χ2v) is 6.77. The Labute approximate surface area is 164 Å². The first-order valence-electron chi connectivity index (χ1n) is 8.28. The number of rotatable bonds is 7. The fourth-order valence-electron chi connectivity index (χ4n) is 2.47. The van der Waals surface area contributed by atoms with Crippen LogP contribution in [0.15, 0.2) is 66.9 Å². The quantitative estimate of drug-likeness (QED) is 0.369. The van der Waals surface area contributed by atoms with E-state index in [9.17, 15) is 19.7 Å². The molecule has 1 heterocycles. The molecule has 0 atom stereocenters. The van der Waals surface area contributed by atoms with Gasteiger partial charge in [0.1, 0.15) is 6.20 Å². The first-order valence-corrected chi connectivity index (χ1v) is 9.10. The lowest BCUT2D eigenvalue weighted by molar-refractivity contribution is -0.380. The summed E-state index contributed by atoms with van der Waals surface area (Å²) in [5.41, 5.74) is 1.79. The molecule has 7 nitrogen and oxygen atoms in total. The summed E-state index contributed by atoms with van der Waals surface area (Å²) in [4.78, 5) is 38.8. The Bertz CT molecular complexity index is 1040. The minimum Gasteiger partial charge on any atom is -0.298 e. The fourth-order valence-corrected chi connectivity index (χ4v) is 3.10. The molecule has 0 radical (unpaired) electrons. The molecule has 0 aliphatic rings. The van der Waals surface area contributed by atoms with Gasteiger partial charge >= 0.3 is 5.00 Å². The van der Waals surface area contributed by atoms with Crippen molar-refractivity contribution in [1.82, 2.24) is 4.98 Å². The zero-order valence-corrected chi connectivity index (χ0v) is 15.4. The van der Waals surface area contributed by atoms with E-state index >= 15 is 0 Å². The second-order valence-electron chi connectivity index (χ2n) is 5.76. The molecule has 0 bridgehead atoms. The number of hydrogen-bond donors (Lipinski definition) is 1. The summed E-state index contributed by atoms with van der Waals surface area (Å²) < 4.78 is 0. The number of nitrogens with one attached hydrogen (secondary N) is 1. The van der Waals surface area contributed by atoms with Gasteiger partial charge in [-0.3, -0.25) is 25.0 Å². The van der Waals surface area contributed by atoms with Gasteiger partial charge in [-0.25, -0.2) is 4.98 Å². The molecule has 0 spiro atoms. The molecule has 0 saturated carbocycles. The van der Waals surface area contributed by atoms with Gasteiger partial charge in [-0.1, -0.05) is 54.6 Å². The Morgan fingerprint density at radius 2 is 1.82 bits per heavy atom. The van der Waals surface area contributed by atoms with Crippen LogP contribution in [-0.2, 0) is 11.2 Å². The number of carbonyl (C=O) groups is 2. The van der Waals surface area contributed by atoms with Crippen molar-refractivity contribution in [1.29, 1.82) is 0 Å². The number of thiazole rings is 1. The van der Waals surface area contributed by atoms with E-state index in [1.54, 1.807) is 30.3 Å². The number of allylic oxidation sites excluding steroid dienone is 1. The van der Waals surface area contributed by atoms with Gasteiger partial charge < -0.3 is 0 Å². The molecular formula is C20H15N3O4S. The van der Waals surface area contributed by atoms with Crippen LogP contribution in [0.25, 0.3) is 6.08 Å². The van der Waals surface area contributed by atoms with Crippen LogP contribution < -0.4 is 5.32 Å². The monoisotopic (exact) mass is 393 g/mol. The third-order valence-electron chi connectivity index (χ3n) is 3.78. The Balaban J connectivity index is 1.71. The van der Waals surface area contributed by atoms with Crippen molar-refractivity contribution in [3.8, 4) is 0 Å². The number of carbonyl (C=O) groups excluding carboxylic acids is 2. The Morgan fingerprint density at radius 3 is 2.54 bits per heavy atom. The molecule has 0 unspecified atom stereocenters. The van der Waals surface area contributed by atoms with E-state index in [4.69, 9.17) is 0 Å². The number of ketones is 1. The largest absolute Gasteiger partial charge is 0.345 e. The predicted octanol–water partition coefficient (Wildman–Crippen LogP) is 4.13. The minimum atomic E-state index is -0.570. The normalized spacial score (nSPS) is 10.7. The third kappa shape index (κ3) is 4.95. The summed E-state index contributed by atoms with van der Waals surface area (Å²) >= 11 is 0.769. The van der Waals surface area contributed by atoms with Gasteiger partial charge in [-0.2, -0.15) is 0 Å². The van der Waals surface area contributed by atoms with Gasteiger partial charge in [-0.15, -0.1) is 0 Å². The highest BCUT2D eigenvalue weighted by Gasteiger charge is 2.17. The lowest BCUT2D eigenvalue weighted by atomic mass is 10.0. The summed E-state index contributed by atoms with van der Waals surface area (Å²) in [6.07, 6.45) is 4.35. The van der Waals surface area contributed by atoms with E-state index in [0.29, 0.717) is 11.1 Å². The van der Waals surface area contributed by atoms with E-state index < -0.39 is 10.8 Å². The number of benzene rings is 2. The topological polar surface area (TPSA) is 102 Å². The number of hydrogen-bond acceptors (Lipinski definition) is 6. The van der Waals surface area contributed by atoms with Gasteiger partial charge in [0.15, 0.2) is 10.9 Å². The van der Waals surface area contributed by atoms with Gasteiger partial charge in [0.2, 0.25) is 0 Å². The van der Waals surface area contributed by atoms with Crippen LogP contribution in [0.1, 0.15) is 21.5 Å². The van der Waals surface area contributed by atoms with E-state index in [-0.39, 0.29) is 22.3 Å². The Hall–Kier alpha value is -3.65. The van der Waals surface area contributed by atoms with E-state index in [1.165, 1.54) is 6.08 Å². The number of nitro groups is 1. The standard InChI is InChI=1S/C20H15N3O4S/c24-16(11-10-14-6-2-1-3-7-14)12-15-8-4-5-9-17(15)19(25)22-20-21-13-18(28-20)23(26)27/h1-11,13H,12H2,(H,21,22,25)/b11-10+. The van der Waals surface area contributed by atoms with Gasteiger partial charge in [0.25, 0.3) is 5.91 Å². The molecule has 0 saturated heterocycles. The highest BCUT2D eigenvalue weighted by atomic mass is 32.1. The van der Waals surface area contributed by atoms with Crippen LogP contribution in [0.5, 0.6) is 0 Å². The highest BCUT2D eigenvalue weighted by Crippen LogP contribution is 2.25. The van der Waals surface area contributed by atoms with E-state index in [1.807, 2.05) is 30.3 Å². The molecule has 140 valence electrons. The lowest BCUT2D eigenvalue weighted by Crippen LogP contribution is -2.15.